The molecule has 0 amide bonds. The van der Waals surface area contributed by atoms with Crippen molar-refractivity contribution in [3.63, 3.8) is 0 Å². The smallest absolute Gasteiger partial charge is 0.417 e. The molecule has 0 heterocycles. The van der Waals surface area contributed by atoms with E-state index >= 15 is 0 Å². The number of ether oxygens (including phenoxy) is 1. The lowest BCUT2D eigenvalue weighted by Crippen LogP contribution is -1.89. The fourth-order valence-corrected chi connectivity index (χ4v) is 0.242. The lowest BCUT2D eigenvalue weighted by Gasteiger charge is -1.83. The van der Waals surface area contributed by atoms with Gasteiger partial charge in [0.2, 0.25) is 0 Å². The van der Waals surface area contributed by atoms with Gasteiger partial charge in [-0.3, -0.25) is 0 Å². The van der Waals surface area contributed by atoms with Crippen molar-refractivity contribution < 1.29 is 9.53 Å². The monoisotopic (exact) mass is 151 g/mol. The van der Waals surface area contributed by atoms with E-state index in [1.165, 1.54) is 6.47 Å². The molecule has 6 heavy (non-hydrogen) atoms. The lowest BCUT2D eigenvalue weighted by atomic mass is 10.9. The van der Waals surface area contributed by atoms with E-state index in [4.69, 9.17) is 0 Å². The molecule has 2 nitrogen and oxygen atoms in total. The van der Waals surface area contributed by atoms with Crippen LogP contribution in [0, 0.1) is 0 Å². The van der Waals surface area contributed by atoms with E-state index in [1.54, 1.807) is 0 Å². The minimum atomic E-state index is 0.406. The standard InChI is InChI=1S/C3H4BrO2/c4-1-2-6-3-5/h1-2H2. The molecule has 0 bridgehead atoms. The van der Waals surface area contributed by atoms with Crippen LogP contribution in [0.4, 0.5) is 0 Å². The molecule has 0 spiro atoms. The maximum atomic E-state index is 9.20. The van der Waals surface area contributed by atoms with Crippen molar-refractivity contribution in [1.29, 1.82) is 0 Å². The molecular weight excluding hydrogens is 148 g/mol. The predicted octanol–water partition coefficient (Wildman–Crippen LogP) is 0.465. The summed E-state index contributed by atoms with van der Waals surface area (Å²) in [5.74, 6) is 0. The van der Waals surface area contributed by atoms with Crippen LogP contribution in [-0.4, -0.2) is 18.4 Å². The van der Waals surface area contributed by atoms with Crippen LogP contribution < -0.4 is 0 Å². The van der Waals surface area contributed by atoms with Gasteiger partial charge in [0, 0.05) is 5.33 Å². The van der Waals surface area contributed by atoms with E-state index in [2.05, 4.69) is 20.7 Å². The highest BCUT2D eigenvalue weighted by molar-refractivity contribution is 9.09. The second-order valence-corrected chi connectivity index (χ2v) is 1.41. The lowest BCUT2D eigenvalue weighted by molar-refractivity contribution is 0.300. The molecule has 35 valence electrons. The zero-order chi connectivity index (χ0) is 4.83. The average molecular weight is 152 g/mol. The normalized spacial score (nSPS) is 7.50. The molecular formula is C3H4BrO2. The highest BCUT2D eigenvalue weighted by Crippen LogP contribution is 1.76. The van der Waals surface area contributed by atoms with Gasteiger partial charge in [0.25, 0.3) is 0 Å². The van der Waals surface area contributed by atoms with Crippen molar-refractivity contribution in [2.45, 2.75) is 0 Å². The third-order valence-corrected chi connectivity index (χ3v) is 0.562. The number of halogens is 1. The Hall–Kier alpha value is -0.0500. The number of hydrogen-bond acceptors (Lipinski definition) is 2. The van der Waals surface area contributed by atoms with Crippen LogP contribution in [-0.2, 0) is 9.53 Å². The Labute approximate surface area is 44.6 Å². The molecule has 1 radical (unpaired) electrons. The van der Waals surface area contributed by atoms with Gasteiger partial charge in [0.05, 0.1) is 0 Å². The largest absolute Gasteiger partial charge is 0.456 e. The molecule has 0 aliphatic rings. The van der Waals surface area contributed by atoms with Crippen LogP contribution in [0.3, 0.4) is 0 Å². The number of rotatable bonds is 3. The van der Waals surface area contributed by atoms with E-state index < -0.39 is 0 Å². The average Bonchev–Trinajstić information content (AvgIpc) is 1.61. The summed E-state index contributed by atoms with van der Waals surface area (Å²) in [6, 6.07) is 0. The Balaban J connectivity index is 2.49. The fraction of sp³-hybridized carbons (Fsp3) is 0.667. The minimum Gasteiger partial charge on any atom is -0.456 e. The highest BCUT2D eigenvalue weighted by atomic mass is 79.9. The van der Waals surface area contributed by atoms with Crippen molar-refractivity contribution in [1.82, 2.24) is 0 Å². The molecule has 0 saturated carbocycles. The molecule has 0 aromatic carbocycles. The molecule has 0 fully saturated rings. The first-order valence-electron chi connectivity index (χ1n) is 1.46. The first kappa shape index (κ1) is 5.95. The summed E-state index contributed by atoms with van der Waals surface area (Å²) in [4.78, 5) is 9.20. The van der Waals surface area contributed by atoms with Crippen molar-refractivity contribution in [3.05, 3.63) is 0 Å². The Morgan fingerprint density at radius 3 is 2.67 bits per heavy atom. The van der Waals surface area contributed by atoms with Crippen LogP contribution in [0.1, 0.15) is 0 Å². The van der Waals surface area contributed by atoms with E-state index in [0.29, 0.717) is 11.9 Å². The summed E-state index contributed by atoms with van der Waals surface area (Å²) < 4.78 is 4.13. The van der Waals surface area contributed by atoms with Crippen LogP contribution in [0.25, 0.3) is 0 Å². The van der Waals surface area contributed by atoms with Gasteiger partial charge < -0.3 is 4.74 Å². The summed E-state index contributed by atoms with van der Waals surface area (Å²) in [7, 11) is 0. The number of carbonyl (C=O) groups excluding carboxylic acids is 1. The van der Waals surface area contributed by atoms with Crippen molar-refractivity contribution in [2.24, 2.45) is 0 Å². The van der Waals surface area contributed by atoms with E-state index in [9.17, 15) is 4.79 Å². The summed E-state index contributed by atoms with van der Waals surface area (Å²) in [6.45, 7) is 1.69. The molecule has 3 heteroatoms. The Morgan fingerprint density at radius 2 is 2.50 bits per heavy atom. The van der Waals surface area contributed by atoms with Gasteiger partial charge in [-0.2, -0.15) is 0 Å². The van der Waals surface area contributed by atoms with Gasteiger partial charge in [0.1, 0.15) is 6.61 Å². The maximum absolute atomic E-state index is 9.20. The van der Waals surface area contributed by atoms with Gasteiger partial charge in [0.15, 0.2) is 0 Å². The first-order valence-corrected chi connectivity index (χ1v) is 2.59. The van der Waals surface area contributed by atoms with Crippen LogP contribution in [0.5, 0.6) is 0 Å². The van der Waals surface area contributed by atoms with Gasteiger partial charge >= 0.3 is 6.47 Å². The third-order valence-electron chi connectivity index (χ3n) is 0.238. The van der Waals surface area contributed by atoms with Gasteiger partial charge in [-0.25, -0.2) is 4.79 Å². The van der Waals surface area contributed by atoms with Crippen LogP contribution in [0.15, 0.2) is 0 Å². The first-order chi connectivity index (χ1) is 2.91. The zero-order valence-electron chi connectivity index (χ0n) is 3.11. The van der Waals surface area contributed by atoms with E-state index in [0.717, 1.165) is 0 Å². The molecule has 0 atom stereocenters. The van der Waals surface area contributed by atoms with Crippen LogP contribution >= 0.6 is 15.9 Å². The SMILES string of the molecule is O=[C]OCCBr. The quantitative estimate of drug-likeness (QED) is 0.433. The molecule has 0 aromatic rings. The molecule has 0 aromatic heterocycles. The summed E-state index contributed by atoms with van der Waals surface area (Å²) >= 11 is 3.05. The van der Waals surface area contributed by atoms with Crippen molar-refractivity contribution in [2.75, 3.05) is 11.9 Å². The topological polar surface area (TPSA) is 26.3 Å². The summed E-state index contributed by atoms with van der Waals surface area (Å²) in [6.07, 6.45) is 0. The zero-order valence-corrected chi connectivity index (χ0v) is 4.69. The van der Waals surface area contributed by atoms with Gasteiger partial charge in [-0.1, -0.05) is 15.9 Å². The van der Waals surface area contributed by atoms with Crippen molar-refractivity contribution in [3.8, 4) is 0 Å². The summed E-state index contributed by atoms with van der Waals surface area (Å²) in [5, 5.41) is 0.683. The number of alkyl halides is 1. The third kappa shape index (κ3) is 3.95. The molecule has 0 aliphatic carbocycles. The Morgan fingerprint density at radius 1 is 1.83 bits per heavy atom. The Kier molecular flexibility index (Phi) is 4.91. The fourth-order valence-electron chi connectivity index (χ4n) is 0.0802. The van der Waals surface area contributed by atoms with E-state index in [1.807, 2.05) is 0 Å². The van der Waals surface area contributed by atoms with Crippen molar-refractivity contribution >= 4 is 22.4 Å². The minimum absolute atomic E-state index is 0.406. The predicted molar refractivity (Wildman–Crippen MR) is 25.4 cm³/mol. The van der Waals surface area contributed by atoms with Crippen LogP contribution in [0.2, 0.25) is 0 Å². The second kappa shape index (κ2) is 4.95. The summed E-state index contributed by atoms with van der Waals surface area (Å²) in [5.41, 5.74) is 0. The molecule has 0 N–H and O–H groups in total. The second-order valence-electron chi connectivity index (χ2n) is 0.621. The highest BCUT2D eigenvalue weighted by Gasteiger charge is 1.75. The maximum Gasteiger partial charge on any atom is 0.417 e. The van der Waals surface area contributed by atoms with E-state index in [-0.39, 0.29) is 0 Å². The van der Waals surface area contributed by atoms with Gasteiger partial charge in [-0.15, -0.1) is 0 Å². The molecule has 0 unspecified atom stereocenters. The number of hydrogen-bond donors (Lipinski definition) is 0. The van der Waals surface area contributed by atoms with Gasteiger partial charge in [-0.05, 0) is 0 Å². The molecule has 0 aliphatic heterocycles. The molecule has 0 rings (SSSR count). The Bertz CT molecular complexity index is 37.8. The molecule has 0 saturated heterocycles.